The minimum atomic E-state index is -0.409. The lowest BCUT2D eigenvalue weighted by Crippen LogP contribution is -2.43. The highest BCUT2D eigenvalue weighted by atomic mass is 35.5. The van der Waals surface area contributed by atoms with E-state index in [4.69, 9.17) is 11.6 Å². The first-order chi connectivity index (χ1) is 17.5. The highest BCUT2D eigenvalue weighted by molar-refractivity contribution is 6.32. The smallest absolute Gasteiger partial charge is 0.289 e. The fourth-order valence-electron chi connectivity index (χ4n) is 4.49. The molecule has 2 heterocycles. The Morgan fingerprint density at radius 1 is 1.03 bits per heavy atom. The van der Waals surface area contributed by atoms with Crippen molar-refractivity contribution in [2.45, 2.75) is 46.2 Å². The zero-order chi connectivity index (χ0) is 26.9. The van der Waals surface area contributed by atoms with Gasteiger partial charge in [0, 0.05) is 44.8 Å². The number of rotatable bonds is 7. The van der Waals surface area contributed by atoms with Crippen LogP contribution in [-0.4, -0.2) is 80.0 Å². The van der Waals surface area contributed by atoms with E-state index >= 15 is 0 Å². The first-order valence-electron chi connectivity index (χ1n) is 12.6. The van der Waals surface area contributed by atoms with Crippen LogP contribution in [0.3, 0.4) is 0 Å². The molecule has 0 radical (unpaired) electrons. The van der Waals surface area contributed by atoms with Gasteiger partial charge >= 0.3 is 0 Å². The lowest BCUT2D eigenvalue weighted by Gasteiger charge is -2.32. The van der Waals surface area contributed by atoms with Crippen LogP contribution in [0.15, 0.2) is 30.3 Å². The molecule has 2 aromatic carbocycles. The Morgan fingerprint density at radius 2 is 1.73 bits per heavy atom. The van der Waals surface area contributed by atoms with Gasteiger partial charge < -0.3 is 20.4 Å². The molecular formula is C27H35ClN6O3. The summed E-state index contributed by atoms with van der Waals surface area (Å²) in [5.74, 6) is -0.288. The molecule has 1 amide bonds. The van der Waals surface area contributed by atoms with E-state index in [1.54, 1.807) is 10.6 Å². The molecule has 1 fully saturated rings. The summed E-state index contributed by atoms with van der Waals surface area (Å²) < 4.78 is 1.57. The highest BCUT2D eigenvalue weighted by Gasteiger charge is 2.26. The molecule has 9 nitrogen and oxygen atoms in total. The van der Waals surface area contributed by atoms with Gasteiger partial charge in [-0.15, -0.1) is 10.2 Å². The normalized spacial score (nSPS) is 15.0. The van der Waals surface area contributed by atoms with Crippen molar-refractivity contribution in [1.82, 2.24) is 29.9 Å². The van der Waals surface area contributed by atoms with Crippen LogP contribution in [0.5, 0.6) is 11.5 Å². The van der Waals surface area contributed by atoms with E-state index in [0.717, 1.165) is 38.3 Å². The molecule has 4 rings (SSSR count). The zero-order valence-corrected chi connectivity index (χ0v) is 22.7. The second-order valence-corrected chi connectivity index (χ2v) is 10.7. The predicted molar refractivity (Wildman–Crippen MR) is 145 cm³/mol. The maximum Gasteiger partial charge on any atom is 0.289 e. The maximum absolute atomic E-state index is 13.1. The Balaban J connectivity index is 1.79. The van der Waals surface area contributed by atoms with Gasteiger partial charge in [0.15, 0.2) is 5.82 Å². The van der Waals surface area contributed by atoms with Gasteiger partial charge in [-0.25, -0.2) is 0 Å². The summed E-state index contributed by atoms with van der Waals surface area (Å²) in [6.07, 6.45) is 0. The summed E-state index contributed by atoms with van der Waals surface area (Å²) in [6.45, 7) is 12.4. The van der Waals surface area contributed by atoms with Crippen molar-refractivity contribution in [3.05, 3.63) is 52.3 Å². The van der Waals surface area contributed by atoms with Crippen molar-refractivity contribution in [3.63, 3.8) is 0 Å². The lowest BCUT2D eigenvalue weighted by molar-refractivity contribution is 0.0930. The molecule has 0 bridgehead atoms. The molecular weight excluding hydrogens is 492 g/mol. The van der Waals surface area contributed by atoms with Crippen LogP contribution in [0.2, 0.25) is 5.02 Å². The van der Waals surface area contributed by atoms with Gasteiger partial charge in [0.2, 0.25) is 5.82 Å². The summed E-state index contributed by atoms with van der Waals surface area (Å²) in [6, 6.07) is 8.60. The SMILES string of the molecule is CC(C)NC(=O)c1nnc(-c2cc(C(C)C)c(O)cc2O)n1-c1ccc(CN2CCN(C)CC2)cc1Cl. The number of benzene rings is 2. The first-order valence-corrected chi connectivity index (χ1v) is 12.9. The molecule has 0 aliphatic carbocycles. The minimum absolute atomic E-state index is 0.00289. The van der Waals surface area contributed by atoms with E-state index in [9.17, 15) is 15.0 Å². The maximum atomic E-state index is 13.1. The topological polar surface area (TPSA) is 107 Å². The first kappa shape index (κ1) is 26.9. The van der Waals surface area contributed by atoms with Crippen molar-refractivity contribution in [3.8, 4) is 28.6 Å². The van der Waals surface area contributed by atoms with Crippen LogP contribution in [0.25, 0.3) is 17.1 Å². The Morgan fingerprint density at radius 3 is 2.35 bits per heavy atom. The number of hydrogen-bond acceptors (Lipinski definition) is 7. The number of hydrogen-bond donors (Lipinski definition) is 3. The number of amides is 1. The van der Waals surface area contributed by atoms with Gasteiger partial charge in [-0.05, 0) is 56.1 Å². The Labute approximate surface area is 222 Å². The zero-order valence-electron chi connectivity index (χ0n) is 22.0. The highest BCUT2D eigenvalue weighted by Crippen LogP contribution is 2.39. The number of phenols is 2. The fourth-order valence-corrected chi connectivity index (χ4v) is 4.78. The van der Waals surface area contributed by atoms with Crippen molar-refractivity contribution >= 4 is 17.5 Å². The van der Waals surface area contributed by atoms with Crippen molar-refractivity contribution in [2.75, 3.05) is 33.2 Å². The van der Waals surface area contributed by atoms with Gasteiger partial charge in [-0.2, -0.15) is 0 Å². The molecule has 3 aromatic rings. The van der Waals surface area contributed by atoms with Gasteiger partial charge in [0.1, 0.15) is 11.5 Å². The predicted octanol–water partition coefficient (Wildman–Crippen LogP) is 4.01. The van der Waals surface area contributed by atoms with Crippen molar-refractivity contribution in [2.24, 2.45) is 0 Å². The van der Waals surface area contributed by atoms with E-state index in [2.05, 4.69) is 32.4 Å². The number of halogens is 1. The molecule has 0 saturated carbocycles. The standard InChI is InChI=1S/C27H35ClN6O3/c1-16(2)19-13-20(24(36)14-23(19)35)25-30-31-26(27(37)29-17(3)4)34(25)22-7-6-18(12-21(22)28)15-33-10-8-32(5)9-11-33/h6-7,12-14,16-17,35-36H,8-11,15H2,1-5H3,(H,29,37). The molecule has 0 spiro atoms. The molecule has 10 heteroatoms. The van der Waals surface area contributed by atoms with E-state index in [-0.39, 0.29) is 35.1 Å². The van der Waals surface area contributed by atoms with Crippen LogP contribution >= 0.6 is 11.6 Å². The number of carbonyl (C=O) groups is 1. The largest absolute Gasteiger partial charge is 0.508 e. The number of nitrogens with one attached hydrogen (secondary N) is 1. The van der Waals surface area contributed by atoms with E-state index in [0.29, 0.717) is 21.8 Å². The molecule has 1 aromatic heterocycles. The summed E-state index contributed by atoms with van der Waals surface area (Å²) in [7, 11) is 2.13. The Hall–Kier alpha value is -3.14. The molecule has 1 aliphatic heterocycles. The number of aromatic hydroxyl groups is 2. The number of piperazine rings is 1. The van der Waals surface area contributed by atoms with E-state index in [1.807, 2.05) is 45.9 Å². The molecule has 0 atom stereocenters. The van der Waals surface area contributed by atoms with Crippen LogP contribution in [0.4, 0.5) is 0 Å². The Kier molecular flexibility index (Phi) is 8.06. The average molecular weight is 527 g/mol. The number of likely N-dealkylation sites (N-methyl/N-ethyl adjacent to an activating group) is 1. The van der Waals surface area contributed by atoms with E-state index < -0.39 is 5.91 Å². The third-order valence-electron chi connectivity index (χ3n) is 6.55. The monoisotopic (exact) mass is 526 g/mol. The summed E-state index contributed by atoms with van der Waals surface area (Å²) in [5, 5.41) is 32.8. The molecule has 3 N–H and O–H groups in total. The van der Waals surface area contributed by atoms with E-state index in [1.165, 1.54) is 6.07 Å². The average Bonchev–Trinajstić information content (AvgIpc) is 3.25. The van der Waals surface area contributed by atoms with Crippen LogP contribution in [0.1, 0.15) is 55.4 Å². The third-order valence-corrected chi connectivity index (χ3v) is 6.85. The van der Waals surface area contributed by atoms with Crippen LogP contribution < -0.4 is 5.32 Å². The molecule has 37 heavy (non-hydrogen) atoms. The molecule has 1 aliphatic rings. The second-order valence-electron chi connectivity index (χ2n) is 10.3. The third kappa shape index (κ3) is 5.89. The molecule has 0 unspecified atom stereocenters. The van der Waals surface area contributed by atoms with Crippen LogP contribution in [-0.2, 0) is 6.54 Å². The second kappa shape index (κ2) is 11.1. The van der Waals surface area contributed by atoms with Gasteiger partial charge in [0.25, 0.3) is 5.91 Å². The number of phenolic OH excluding ortho intramolecular Hbond substituents is 2. The number of aromatic nitrogens is 3. The lowest BCUT2D eigenvalue weighted by atomic mass is 9.98. The van der Waals surface area contributed by atoms with Gasteiger partial charge in [-0.3, -0.25) is 14.3 Å². The van der Waals surface area contributed by atoms with Gasteiger partial charge in [0.05, 0.1) is 16.3 Å². The molecule has 198 valence electrons. The van der Waals surface area contributed by atoms with Gasteiger partial charge in [-0.1, -0.05) is 31.5 Å². The molecule has 1 saturated heterocycles. The quantitative estimate of drug-likeness (QED) is 0.427. The summed E-state index contributed by atoms with van der Waals surface area (Å²) >= 11 is 6.81. The Bertz CT molecular complexity index is 1280. The summed E-state index contributed by atoms with van der Waals surface area (Å²) in [5.41, 5.74) is 2.58. The fraction of sp³-hybridized carbons (Fsp3) is 0.444. The van der Waals surface area contributed by atoms with Crippen molar-refractivity contribution < 1.29 is 15.0 Å². The van der Waals surface area contributed by atoms with Crippen LogP contribution in [0, 0.1) is 0 Å². The van der Waals surface area contributed by atoms with Crippen molar-refractivity contribution in [1.29, 1.82) is 0 Å². The summed E-state index contributed by atoms with van der Waals surface area (Å²) in [4.78, 5) is 17.8. The number of nitrogens with zero attached hydrogens (tertiary/aromatic N) is 5. The minimum Gasteiger partial charge on any atom is -0.508 e. The number of carbonyl (C=O) groups excluding carboxylic acids is 1.